The first kappa shape index (κ1) is 22.4. The van der Waals surface area contributed by atoms with E-state index in [0.717, 1.165) is 0 Å². The van der Waals surface area contributed by atoms with Gasteiger partial charge in [-0.1, -0.05) is 17.7 Å². The summed E-state index contributed by atoms with van der Waals surface area (Å²) in [4.78, 5) is 27.4. The average Bonchev–Trinajstić information content (AvgIpc) is 3.44. The van der Waals surface area contributed by atoms with Crippen LogP contribution in [0.3, 0.4) is 0 Å². The maximum atomic E-state index is 13.2. The van der Waals surface area contributed by atoms with Gasteiger partial charge in [0.2, 0.25) is 11.8 Å². The largest absolute Gasteiger partial charge is 0.497 e. The Balaban J connectivity index is 1.42. The Morgan fingerprint density at radius 1 is 1.15 bits per heavy atom. The number of amides is 2. The molecule has 5 rings (SSSR count). The number of hydrogen-bond acceptors (Lipinski definition) is 6. The van der Waals surface area contributed by atoms with Crippen LogP contribution in [-0.2, 0) is 30.9 Å². The molecule has 1 atom stereocenters. The molecule has 3 heterocycles. The second kappa shape index (κ2) is 8.44. The maximum Gasteiger partial charge on any atom is 0.230 e. The Labute approximate surface area is 201 Å². The molecule has 1 saturated heterocycles. The third-order valence-corrected chi connectivity index (χ3v) is 7.64. The van der Waals surface area contributed by atoms with Gasteiger partial charge in [0.25, 0.3) is 0 Å². The molecule has 1 N–H and O–H groups in total. The molecule has 1 fully saturated rings. The number of nitrogens with zero attached hydrogens (tertiary/aromatic N) is 3. The summed E-state index contributed by atoms with van der Waals surface area (Å²) in [5, 5.41) is 7.78. The van der Waals surface area contributed by atoms with E-state index < -0.39 is 15.8 Å². The molecule has 0 saturated carbocycles. The topological polar surface area (TPSA) is 111 Å². The molecule has 0 bridgehead atoms. The van der Waals surface area contributed by atoms with Gasteiger partial charge in [0.1, 0.15) is 11.6 Å². The van der Waals surface area contributed by atoms with Gasteiger partial charge in [0.15, 0.2) is 9.84 Å². The third kappa shape index (κ3) is 4.14. The van der Waals surface area contributed by atoms with Crippen molar-refractivity contribution in [3.05, 3.63) is 64.8 Å². The number of methoxy groups -OCH3 is 1. The number of rotatable bonds is 5. The van der Waals surface area contributed by atoms with Gasteiger partial charge in [-0.05, 0) is 42.5 Å². The van der Waals surface area contributed by atoms with Gasteiger partial charge in [-0.15, -0.1) is 0 Å². The zero-order valence-corrected chi connectivity index (χ0v) is 19.8. The van der Waals surface area contributed by atoms with Gasteiger partial charge in [0, 0.05) is 29.2 Å². The predicted molar refractivity (Wildman–Crippen MR) is 127 cm³/mol. The van der Waals surface area contributed by atoms with Gasteiger partial charge in [-0.25, -0.2) is 13.1 Å². The molecular weight excluding hydrogens is 480 g/mol. The Kier molecular flexibility index (Phi) is 5.57. The summed E-state index contributed by atoms with van der Waals surface area (Å²) in [5.41, 5.74) is 2.14. The molecule has 9 nitrogen and oxygen atoms in total. The van der Waals surface area contributed by atoms with Crippen molar-refractivity contribution >= 4 is 44.8 Å². The summed E-state index contributed by atoms with van der Waals surface area (Å²) in [6.45, 7) is 0.211. The quantitative estimate of drug-likeness (QED) is 0.576. The highest BCUT2D eigenvalue weighted by atomic mass is 35.5. The fourth-order valence-electron chi connectivity index (χ4n) is 4.28. The van der Waals surface area contributed by atoms with Crippen LogP contribution in [0.5, 0.6) is 5.75 Å². The number of carbonyl (C=O) groups is 2. The monoisotopic (exact) mass is 500 g/mol. The zero-order chi connectivity index (χ0) is 24.0. The number of halogens is 1. The Morgan fingerprint density at radius 2 is 1.91 bits per heavy atom. The molecule has 176 valence electrons. The van der Waals surface area contributed by atoms with E-state index >= 15 is 0 Å². The molecule has 3 aromatic rings. The minimum absolute atomic E-state index is 0.0453. The molecule has 2 aliphatic heterocycles. The first-order valence-corrected chi connectivity index (χ1v) is 12.8. The summed E-state index contributed by atoms with van der Waals surface area (Å²) in [5.74, 6) is -0.583. The first-order chi connectivity index (χ1) is 16.2. The number of ether oxygens (including phenoxy) is 1. The van der Waals surface area contributed by atoms with Crippen molar-refractivity contribution in [2.75, 3.05) is 23.9 Å². The van der Waals surface area contributed by atoms with Crippen molar-refractivity contribution in [3.8, 4) is 11.4 Å². The Hall–Kier alpha value is -3.37. The van der Waals surface area contributed by atoms with Crippen molar-refractivity contribution in [3.63, 3.8) is 0 Å². The molecule has 1 unspecified atom stereocenters. The lowest BCUT2D eigenvalue weighted by Gasteiger charge is -2.17. The van der Waals surface area contributed by atoms with Crippen LogP contribution in [0.4, 0.5) is 11.5 Å². The Bertz CT molecular complexity index is 1400. The lowest BCUT2D eigenvalue weighted by Crippen LogP contribution is -2.29. The van der Waals surface area contributed by atoms with Crippen molar-refractivity contribution < 1.29 is 22.7 Å². The Morgan fingerprint density at radius 3 is 2.62 bits per heavy atom. The minimum atomic E-state index is -3.33. The normalized spacial score (nSPS) is 18.7. The van der Waals surface area contributed by atoms with E-state index in [-0.39, 0.29) is 36.3 Å². The average molecular weight is 501 g/mol. The fourth-order valence-corrected chi connectivity index (χ4v) is 5.96. The van der Waals surface area contributed by atoms with E-state index in [0.29, 0.717) is 39.2 Å². The van der Waals surface area contributed by atoms with Crippen LogP contribution in [0.2, 0.25) is 5.02 Å². The molecule has 11 heteroatoms. The van der Waals surface area contributed by atoms with E-state index in [9.17, 15) is 18.0 Å². The SMILES string of the molecule is COc1ccc(N2CC(C(=O)Nc3c4c(nn3-c3cccc(Cl)c3)CS(=O)(=O)C4)CC2=O)cc1. The molecule has 2 aliphatic rings. The van der Waals surface area contributed by atoms with Crippen LogP contribution in [-0.4, -0.2) is 43.7 Å². The number of sulfone groups is 1. The smallest absolute Gasteiger partial charge is 0.230 e. The van der Waals surface area contributed by atoms with Gasteiger partial charge in [-0.2, -0.15) is 5.10 Å². The van der Waals surface area contributed by atoms with Crippen LogP contribution in [0.1, 0.15) is 17.7 Å². The first-order valence-electron chi connectivity index (χ1n) is 10.6. The lowest BCUT2D eigenvalue weighted by molar-refractivity contribution is -0.122. The number of nitrogens with one attached hydrogen (secondary N) is 1. The van der Waals surface area contributed by atoms with Crippen molar-refractivity contribution in [1.29, 1.82) is 0 Å². The molecule has 0 radical (unpaired) electrons. The van der Waals surface area contributed by atoms with Crippen LogP contribution < -0.4 is 15.0 Å². The van der Waals surface area contributed by atoms with Crippen LogP contribution in [0.25, 0.3) is 5.69 Å². The van der Waals surface area contributed by atoms with Crippen molar-refractivity contribution in [2.24, 2.45) is 5.92 Å². The minimum Gasteiger partial charge on any atom is -0.497 e. The van der Waals surface area contributed by atoms with Gasteiger partial charge in [0.05, 0.1) is 35.9 Å². The molecule has 34 heavy (non-hydrogen) atoms. The second-order valence-corrected chi connectivity index (χ2v) is 10.8. The number of aromatic nitrogens is 2. The molecule has 2 aromatic carbocycles. The fraction of sp³-hybridized carbons (Fsp3) is 0.261. The highest BCUT2D eigenvalue weighted by Crippen LogP contribution is 2.34. The summed E-state index contributed by atoms with van der Waals surface area (Å²) >= 11 is 6.13. The summed E-state index contributed by atoms with van der Waals surface area (Å²) in [7, 11) is -1.77. The highest BCUT2D eigenvalue weighted by molar-refractivity contribution is 7.90. The molecular formula is C23H21ClN4O5S. The van der Waals surface area contributed by atoms with Crippen LogP contribution >= 0.6 is 11.6 Å². The van der Waals surface area contributed by atoms with Crippen molar-refractivity contribution in [1.82, 2.24) is 9.78 Å². The van der Waals surface area contributed by atoms with Crippen LogP contribution in [0, 0.1) is 5.92 Å². The maximum absolute atomic E-state index is 13.2. The summed E-state index contributed by atoms with van der Waals surface area (Å²) in [6, 6.07) is 13.9. The van der Waals surface area contributed by atoms with E-state index in [4.69, 9.17) is 16.3 Å². The predicted octanol–water partition coefficient (Wildman–Crippen LogP) is 2.95. The third-order valence-electron chi connectivity index (χ3n) is 5.96. The lowest BCUT2D eigenvalue weighted by atomic mass is 10.1. The number of benzene rings is 2. The number of hydrogen-bond donors (Lipinski definition) is 1. The number of fused-ring (bicyclic) bond motifs is 1. The van der Waals surface area contributed by atoms with E-state index in [2.05, 4.69) is 10.4 Å². The molecule has 2 amide bonds. The molecule has 1 aromatic heterocycles. The molecule has 0 aliphatic carbocycles. The van der Waals surface area contributed by atoms with E-state index in [1.807, 2.05) is 0 Å². The van der Waals surface area contributed by atoms with E-state index in [1.54, 1.807) is 60.5 Å². The van der Waals surface area contributed by atoms with Gasteiger partial charge < -0.3 is 15.0 Å². The number of anilines is 2. The van der Waals surface area contributed by atoms with E-state index in [1.165, 1.54) is 4.68 Å². The van der Waals surface area contributed by atoms with Gasteiger partial charge >= 0.3 is 0 Å². The second-order valence-electron chi connectivity index (χ2n) is 8.29. The standard InChI is InChI=1S/C23H21ClN4O5S/c1-33-18-7-5-16(6-8-18)27-11-14(9-21(27)29)23(30)25-22-19-12-34(31,32)13-20(19)26-28(22)17-4-2-3-15(24)10-17/h2-8,10,14H,9,11-13H2,1H3,(H,25,30). The summed E-state index contributed by atoms with van der Waals surface area (Å²) in [6.07, 6.45) is 0.0453. The van der Waals surface area contributed by atoms with Crippen LogP contribution in [0.15, 0.2) is 48.5 Å². The summed E-state index contributed by atoms with van der Waals surface area (Å²) < 4.78 is 31.0. The zero-order valence-electron chi connectivity index (χ0n) is 18.2. The number of carbonyl (C=O) groups excluding carboxylic acids is 2. The highest BCUT2D eigenvalue weighted by Gasteiger charge is 2.38. The van der Waals surface area contributed by atoms with Gasteiger partial charge in [-0.3, -0.25) is 9.59 Å². The molecule has 0 spiro atoms. The van der Waals surface area contributed by atoms with Crippen molar-refractivity contribution in [2.45, 2.75) is 17.9 Å².